The summed E-state index contributed by atoms with van der Waals surface area (Å²) in [5.74, 6) is -0.178. The van der Waals surface area contributed by atoms with Crippen LogP contribution in [0.5, 0.6) is 0 Å². The van der Waals surface area contributed by atoms with Crippen LogP contribution in [-0.4, -0.2) is 22.0 Å². The summed E-state index contributed by atoms with van der Waals surface area (Å²) in [6.45, 7) is 6.81. The Morgan fingerprint density at radius 2 is 1.85 bits per heavy atom. The lowest BCUT2D eigenvalue weighted by atomic mass is 10.2. The molecule has 106 valence electrons. The van der Waals surface area contributed by atoms with Crippen LogP contribution >= 0.6 is 15.9 Å². The van der Waals surface area contributed by atoms with Gasteiger partial charge in [-0.1, -0.05) is 15.9 Å². The zero-order valence-corrected chi connectivity index (χ0v) is 13.4. The van der Waals surface area contributed by atoms with Crippen molar-refractivity contribution >= 4 is 38.7 Å². The Hall–Kier alpha value is -1.62. The standard InChI is InChI=1S/C15H16BrNO3/c1-9(18)13-8-10-7-11(16)5-6-12(10)17(13)14(19)20-15(2,3)4/h5-8H,1-4H3. The summed E-state index contributed by atoms with van der Waals surface area (Å²) < 4.78 is 7.59. The molecule has 20 heavy (non-hydrogen) atoms. The number of benzene rings is 1. The first kappa shape index (κ1) is 14.8. The van der Waals surface area contributed by atoms with Crippen molar-refractivity contribution in [3.05, 3.63) is 34.4 Å². The molecule has 5 heteroatoms. The fourth-order valence-corrected chi connectivity index (χ4v) is 2.33. The second-order valence-electron chi connectivity index (χ2n) is 5.60. The predicted molar refractivity (Wildman–Crippen MR) is 81.3 cm³/mol. The number of hydrogen-bond acceptors (Lipinski definition) is 3. The molecule has 0 saturated heterocycles. The van der Waals surface area contributed by atoms with Gasteiger partial charge in [-0.05, 0) is 45.0 Å². The van der Waals surface area contributed by atoms with E-state index in [0.29, 0.717) is 11.2 Å². The fraction of sp³-hybridized carbons (Fsp3) is 0.333. The van der Waals surface area contributed by atoms with Gasteiger partial charge in [-0.3, -0.25) is 4.79 Å². The molecule has 0 aliphatic rings. The van der Waals surface area contributed by atoms with E-state index in [9.17, 15) is 9.59 Å². The summed E-state index contributed by atoms with van der Waals surface area (Å²) in [5.41, 5.74) is 0.372. The van der Waals surface area contributed by atoms with Crippen molar-refractivity contribution in [2.45, 2.75) is 33.3 Å². The highest BCUT2D eigenvalue weighted by atomic mass is 79.9. The van der Waals surface area contributed by atoms with Crippen molar-refractivity contribution in [2.24, 2.45) is 0 Å². The summed E-state index contributed by atoms with van der Waals surface area (Å²) in [7, 11) is 0. The van der Waals surface area contributed by atoms with Gasteiger partial charge in [0.2, 0.25) is 0 Å². The highest BCUT2D eigenvalue weighted by Crippen LogP contribution is 2.25. The summed E-state index contributed by atoms with van der Waals surface area (Å²) in [6, 6.07) is 7.18. The average molecular weight is 338 g/mol. The number of fused-ring (bicyclic) bond motifs is 1. The fourth-order valence-electron chi connectivity index (χ4n) is 1.95. The zero-order valence-electron chi connectivity index (χ0n) is 11.9. The van der Waals surface area contributed by atoms with Crippen LogP contribution in [0.1, 0.15) is 38.2 Å². The van der Waals surface area contributed by atoms with Crippen molar-refractivity contribution < 1.29 is 14.3 Å². The second-order valence-corrected chi connectivity index (χ2v) is 6.52. The number of ether oxygens (including phenoxy) is 1. The largest absolute Gasteiger partial charge is 0.443 e. The lowest BCUT2D eigenvalue weighted by Crippen LogP contribution is -2.28. The molecule has 0 spiro atoms. The molecule has 2 rings (SSSR count). The molecule has 4 nitrogen and oxygen atoms in total. The number of hydrogen-bond donors (Lipinski definition) is 0. The van der Waals surface area contributed by atoms with E-state index in [0.717, 1.165) is 9.86 Å². The smallest absolute Gasteiger partial charge is 0.419 e. The Morgan fingerprint density at radius 3 is 2.40 bits per heavy atom. The minimum absolute atomic E-state index is 0.178. The van der Waals surface area contributed by atoms with E-state index in [-0.39, 0.29) is 5.78 Å². The molecule has 2 aromatic rings. The molecule has 1 heterocycles. The number of rotatable bonds is 1. The third-order valence-electron chi connectivity index (χ3n) is 2.70. The maximum absolute atomic E-state index is 12.3. The van der Waals surface area contributed by atoms with Crippen LogP contribution < -0.4 is 0 Å². The molecular formula is C15H16BrNO3. The van der Waals surface area contributed by atoms with Crippen LogP contribution in [0.4, 0.5) is 4.79 Å². The van der Waals surface area contributed by atoms with Gasteiger partial charge in [0.1, 0.15) is 5.60 Å². The van der Waals surface area contributed by atoms with E-state index in [2.05, 4.69) is 15.9 Å². The first-order valence-electron chi connectivity index (χ1n) is 6.24. The third kappa shape index (κ3) is 2.93. The number of nitrogens with zero attached hydrogens (tertiary/aromatic N) is 1. The Kier molecular flexibility index (Phi) is 3.73. The lowest BCUT2D eigenvalue weighted by Gasteiger charge is -2.20. The number of carbonyl (C=O) groups excluding carboxylic acids is 2. The van der Waals surface area contributed by atoms with Crippen molar-refractivity contribution in [3.8, 4) is 0 Å². The van der Waals surface area contributed by atoms with Gasteiger partial charge in [0.15, 0.2) is 5.78 Å². The molecule has 1 aromatic heterocycles. The van der Waals surface area contributed by atoms with Gasteiger partial charge >= 0.3 is 6.09 Å². The van der Waals surface area contributed by atoms with Crippen LogP contribution in [-0.2, 0) is 4.74 Å². The van der Waals surface area contributed by atoms with Gasteiger partial charge in [-0.25, -0.2) is 9.36 Å². The number of aromatic nitrogens is 1. The van der Waals surface area contributed by atoms with E-state index in [1.54, 1.807) is 32.9 Å². The van der Waals surface area contributed by atoms with E-state index in [1.807, 2.05) is 12.1 Å². The normalized spacial score (nSPS) is 11.7. The maximum atomic E-state index is 12.3. The summed E-state index contributed by atoms with van der Waals surface area (Å²) >= 11 is 3.38. The SMILES string of the molecule is CC(=O)c1cc2cc(Br)ccc2n1C(=O)OC(C)(C)C. The first-order chi connectivity index (χ1) is 9.19. The van der Waals surface area contributed by atoms with Gasteiger partial charge < -0.3 is 4.74 Å². The van der Waals surface area contributed by atoms with Crippen LogP contribution in [0, 0.1) is 0 Å². The Bertz CT molecular complexity index is 695. The maximum Gasteiger partial charge on any atom is 0.419 e. The molecule has 0 atom stereocenters. The van der Waals surface area contributed by atoms with Gasteiger partial charge in [0.25, 0.3) is 0 Å². The number of Topliss-reactive ketones (excluding diaryl/α,β-unsaturated/α-hetero) is 1. The lowest BCUT2D eigenvalue weighted by molar-refractivity contribution is 0.0536. The second kappa shape index (κ2) is 5.05. The number of halogens is 1. The molecule has 0 bridgehead atoms. The highest BCUT2D eigenvalue weighted by molar-refractivity contribution is 9.10. The van der Waals surface area contributed by atoms with Crippen LogP contribution in [0.25, 0.3) is 10.9 Å². The quantitative estimate of drug-likeness (QED) is 0.725. The summed E-state index contributed by atoms with van der Waals surface area (Å²) in [6.07, 6.45) is -0.542. The molecule has 0 fully saturated rings. The molecule has 0 amide bonds. The molecule has 0 aliphatic heterocycles. The van der Waals surface area contributed by atoms with Crippen molar-refractivity contribution in [1.82, 2.24) is 4.57 Å². The Morgan fingerprint density at radius 1 is 1.20 bits per heavy atom. The average Bonchev–Trinajstić information content (AvgIpc) is 2.64. The van der Waals surface area contributed by atoms with Crippen LogP contribution in [0.15, 0.2) is 28.7 Å². The Balaban J connectivity index is 2.63. The third-order valence-corrected chi connectivity index (χ3v) is 3.19. The van der Waals surface area contributed by atoms with Gasteiger partial charge in [-0.15, -0.1) is 0 Å². The zero-order chi connectivity index (χ0) is 15.1. The molecule has 0 unspecified atom stereocenters. The molecule has 1 aromatic carbocycles. The van der Waals surface area contributed by atoms with E-state index in [4.69, 9.17) is 4.74 Å². The summed E-state index contributed by atoms with van der Waals surface area (Å²) in [5, 5.41) is 0.815. The molecule has 0 aliphatic carbocycles. The van der Waals surface area contributed by atoms with Crippen LogP contribution in [0.3, 0.4) is 0 Å². The molecule has 0 saturated carbocycles. The van der Waals surface area contributed by atoms with Gasteiger partial charge in [0.05, 0.1) is 11.2 Å². The van der Waals surface area contributed by atoms with Crippen molar-refractivity contribution in [1.29, 1.82) is 0 Å². The Labute approximate surface area is 125 Å². The minimum atomic E-state index is -0.614. The monoisotopic (exact) mass is 337 g/mol. The summed E-state index contributed by atoms with van der Waals surface area (Å²) in [4.78, 5) is 24.1. The van der Waals surface area contributed by atoms with E-state index < -0.39 is 11.7 Å². The van der Waals surface area contributed by atoms with E-state index in [1.165, 1.54) is 11.5 Å². The molecule has 0 radical (unpaired) electrons. The number of ketones is 1. The van der Waals surface area contributed by atoms with Gasteiger partial charge in [0, 0.05) is 16.8 Å². The predicted octanol–water partition coefficient (Wildman–Crippen LogP) is 4.39. The van der Waals surface area contributed by atoms with Crippen molar-refractivity contribution in [3.63, 3.8) is 0 Å². The minimum Gasteiger partial charge on any atom is -0.443 e. The van der Waals surface area contributed by atoms with Crippen molar-refractivity contribution in [2.75, 3.05) is 0 Å². The van der Waals surface area contributed by atoms with Crippen LogP contribution in [0.2, 0.25) is 0 Å². The number of carbonyl (C=O) groups is 2. The van der Waals surface area contributed by atoms with Gasteiger partial charge in [-0.2, -0.15) is 0 Å². The first-order valence-corrected chi connectivity index (χ1v) is 7.03. The highest BCUT2D eigenvalue weighted by Gasteiger charge is 2.23. The molecular weight excluding hydrogens is 322 g/mol. The topological polar surface area (TPSA) is 48.3 Å². The molecule has 0 N–H and O–H groups in total. The van der Waals surface area contributed by atoms with E-state index >= 15 is 0 Å².